The summed E-state index contributed by atoms with van der Waals surface area (Å²) in [5.41, 5.74) is 3.21. The minimum Gasteiger partial charge on any atom is -0.298 e. The molecule has 1 spiro atoms. The van der Waals surface area contributed by atoms with Crippen molar-refractivity contribution in [3.05, 3.63) is 48.0 Å². The lowest BCUT2D eigenvalue weighted by Crippen LogP contribution is -2.44. The van der Waals surface area contributed by atoms with Gasteiger partial charge in [-0.25, -0.2) is 0 Å². The summed E-state index contributed by atoms with van der Waals surface area (Å²) in [5, 5.41) is 4.31. The van der Waals surface area contributed by atoms with Crippen LogP contribution in [-0.4, -0.2) is 50.7 Å². The minimum atomic E-state index is 0.494. The van der Waals surface area contributed by atoms with E-state index in [-0.39, 0.29) is 0 Å². The van der Waals surface area contributed by atoms with Gasteiger partial charge in [-0.3, -0.25) is 19.5 Å². The predicted octanol–water partition coefficient (Wildman–Crippen LogP) is 2.30. The maximum atomic E-state index is 4.31. The second kappa shape index (κ2) is 6.65. The maximum absolute atomic E-state index is 4.31. The molecule has 4 heterocycles. The molecule has 2 aliphatic rings. The van der Waals surface area contributed by atoms with Gasteiger partial charge in [0.25, 0.3) is 0 Å². The van der Waals surface area contributed by atoms with Crippen LogP contribution in [-0.2, 0) is 20.1 Å². The molecule has 24 heavy (non-hydrogen) atoms. The van der Waals surface area contributed by atoms with Crippen LogP contribution in [0.15, 0.2) is 36.9 Å². The summed E-state index contributed by atoms with van der Waals surface area (Å²) in [6.07, 6.45) is 12.0. The van der Waals surface area contributed by atoms with Crippen molar-refractivity contribution >= 4 is 0 Å². The number of piperidine rings is 1. The third kappa shape index (κ3) is 3.52. The van der Waals surface area contributed by atoms with Crippen LogP contribution in [0.4, 0.5) is 0 Å². The minimum absolute atomic E-state index is 0.494. The van der Waals surface area contributed by atoms with Crippen molar-refractivity contribution in [2.75, 3.05) is 26.2 Å². The summed E-state index contributed by atoms with van der Waals surface area (Å²) in [5.74, 6) is 0. The van der Waals surface area contributed by atoms with E-state index in [2.05, 4.69) is 38.2 Å². The molecular formula is C19H27N5. The Labute approximate surface area is 144 Å². The summed E-state index contributed by atoms with van der Waals surface area (Å²) in [4.78, 5) is 9.39. The highest BCUT2D eigenvalue weighted by molar-refractivity contribution is 5.10. The smallest absolute Gasteiger partial charge is 0.0534 e. The van der Waals surface area contributed by atoms with Crippen LogP contribution in [0.25, 0.3) is 0 Å². The van der Waals surface area contributed by atoms with Crippen LogP contribution in [0.1, 0.15) is 30.4 Å². The Kier molecular flexibility index (Phi) is 4.37. The van der Waals surface area contributed by atoms with Gasteiger partial charge >= 0.3 is 0 Å². The Morgan fingerprint density at radius 1 is 1.00 bits per heavy atom. The van der Waals surface area contributed by atoms with Gasteiger partial charge in [0.1, 0.15) is 0 Å². The van der Waals surface area contributed by atoms with E-state index in [0.717, 1.165) is 13.1 Å². The quantitative estimate of drug-likeness (QED) is 0.864. The standard InChI is InChI=1S/C19H27N5/c1-22-12-18(11-21-22)14-23-9-2-5-19(15-23)6-10-24(16-19)13-17-3-7-20-8-4-17/h3-4,7-8,11-12H,2,5-6,9-10,13-16H2,1H3/t19-/m0/s1. The average molecular weight is 325 g/mol. The normalized spacial score (nSPS) is 25.5. The zero-order valence-electron chi connectivity index (χ0n) is 14.6. The molecule has 2 fully saturated rings. The highest BCUT2D eigenvalue weighted by Gasteiger charge is 2.41. The number of likely N-dealkylation sites (tertiary alicyclic amines) is 2. The number of aryl methyl sites for hydroxylation is 1. The zero-order chi connectivity index (χ0) is 16.4. The molecule has 0 amide bonds. The molecule has 0 N–H and O–H groups in total. The molecular weight excluding hydrogens is 298 g/mol. The Balaban J connectivity index is 1.36. The fraction of sp³-hybridized carbons (Fsp3) is 0.579. The fourth-order valence-electron chi connectivity index (χ4n) is 4.50. The van der Waals surface area contributed by atoms with Crippen LogP contribution in [0.5, 0.6) is 0 Å². The largest absolute Gasteiger partial charge is 0.298 e. The average Bonchev–Trinajstić information content (AvgIpc) is 3.15. The molecule has 0 radical (unpaired) electrons. The predicted molar refractivity (Wildman–Crippen MR) is 94.3 cm³/mol. The number of aromatic nitrogens is 3. The van der Waals surface area contributed by atoms with Gasteiger partial charge in [-0.1, -0.05) is 0 Å². The van der Waals surface area contributed by atoms with E-state index in [9.17, 15) is 0 Å². The summed E-state index contributed by atoms with van der Waals surface area (Å²) in [7, 11) is 2.00. The second-order valence-corrected chi connectivity index (χ2v) is 7.65. The van der Waals surface area contributed by atoms with Crippen molar-refractivity contribution in [2.24, 2.45) is 12.5 Å². The third-order valence-electron chi connectivity index (χ3n) is 5.58. The van der Waals surface area contributed by atoms with Gasteiger partial charge in [-0.15, -0.1) is 0 Å². The number of nitrogens with zero attached hydrogens (tertiary/aromatic N) is 5. The number of rotatable bonds is 4. The monoisotopic (exact) mass is 325 g/mol. The van der Waals surface area contributed by atoms with Crippen LogP contribution < -0.4 is 0 Å². The van der Waals surface area contributed by atoms with Gasteiger partial charge in [0.05, 0.1) is 6.20 Å². The summed E-state index contributed by atoms with van der Waals surface area (Å²) >= 11 is 0. The Morgan fingerprint density at radius 2 is 1.75 bits per heavy atom. The highest BCUT2D eigenvalue weighted by Crippen LogP contribution is 2.39. The van der Waals surface area contributed by atoms with Gasteiger partial charge in [0.15, 0.2) is 0 Å². The molecule has 5 nitrogen and oxygen atoms in total. The molecule has 128 valence electrons. The van der Waals surface area contributed by atoms with E-state index in [1.165, 1.54) is 56.6 Å². The molecule has 0 unspecified atom stereocenters. The van der Waals surface area contributed by atoms with Crippen LogP contribution in [0.2, 0.25) is 0 Å². The highest BCUT2D eigenvalue weighted by atomic mass is 15.2. The van der Waals surface area contributed by atoms with Crippen molar-refractivity contribution in [3.63, 3.8) is 0 Å². The van der Waals surface area contributed by atoms with Crippen molar-refractivity contribution in [1.29, 1.82) is 0 Å². The van der Waals surface area contributed by atoms with E-state index in [4.69, 9.17) is 0 Å². The van der Waals surface area contributed by atoms with Crippen LogP contribution in [0.3, 0.4) is 0 Å². The molecule has 2 aromatic rings. The Bertz CT molecular complexity index is 667. The van der Waals surface area contributed by atoms with Crippen LogP contribution in [0, 0.1) is 5.41 Å². The summed E-state index contributed by atoms with van der Waals surface area (Å²) in [6.45, 7) is 7.02. The SMILES string of the molecule is Cn1cc(CN2CCC[C@]3(CCN(Cc4ccncc4)C3)C2)cn1. The molecule has 2 aliphatic heterocycles. The first kappa shape index (κ1) is 15.8. The van der Waals surface area contributed by atoms with Crippen molar-refractivity contribution in [3.8, 4) is 0 Å². The second-order valence-electron chi connectivity index (χ2n) is 7.65. The Morgan fingerprint density at radius 3 is 2.50 bits per heavy atom. The first-order valence-electron chi connectivity index (χ1n) is 9.02. The molecule has 0 bridgehead atoms. The van der Waals surface area contributed by atoms with Crippen LogP contribution >= 0.6 is 0 Å². The summed E-state index contributed by atoms with van der Waals surface area (Å²) in [6, 6.07) is 4.28. The molecule has 0 saturated carbocycles. The van der Waals surface area contributed by atoms with E-state index < -0.39 is 0 Å². The van der Waals surface area contributed by atoms with Gasteiger partial charge < -0.3 is 0 Å². The lowest BCUT2D eigenvalue weighted by Gasteiger charge is -2.40. The number of hydrogen-bond acceptors (Lipinski definition) is 4. The molecule has 4 rings (SSSR count). The van der Waals surface area contributed by atoms with E-state index in [1.807, 2.05) is 30.3 Å². The van der Waals surface area contributed by atoms with E-state index in [1.54, 1.807) is 0 Å². The first-order valence-corrected chi connectivity index (χ1v) is 9.02. The van der Waals surface area contributed by atoms with Crippen molar-refractivity contribution in [1.82, 2.24) is 24.6 Å². The van der Waals surface area contributed by atoms with Gasteiger partial charge in [0, 0.05) is 57.4 Å². The molecule has 5 heteroatoms. The van der Waals surface area contributed by atoms with E-state index in [0.29, 0.717) is 5.41 Å². The first-order chi connectivity index (χ1) is 11.7. The summed E-state index contributed by atoms with van der Waals surface area (Å²) < 4.78 is 1.90. The lowest BCUT2D eigenvalue weighted by molar-refractivity contribution is 0.0866. The molecule has 0 aromatic carbocycles. The molecule has 0 aliphatic carbocycles. The molecule has 1 atom stereocenters. The maximum Gasteiger partial charge on any atom is 0.0534 e. The number of hydrogen-bond donors (Lipinski definition) is 0. The molecule has 2 saturated heterocycles. The Hall–Kier alpha value is -1.72. The van der Waals surface area contributed by atoms with Gasteiger partial charge in [-0.2, -0.15) is 5.10 Å². The topological polar surface area (TPSA) is 37.2 Å². The lowest BCUT2D eigenvalue weighted by atomic mass is 9.79. The third-order valence-corrected chi connectivity index (χ3v) is 5.58. The van der Waals surface area contributed by atoms with Gasteiger partial charge in [-0.05, 0) is 55.5 Å². The number of pyridine rings is 1. The fourth-order valence-corrected chi connectivity index (χ4v) is 4.50. The van der Waals surface area contributed by atoms with Crippen molar-refractivity contribution < 1.29 is 0 Å². The van der Waals surface area contributed by atoms with Crippen molar-refractivity contribution in [2.45, 2.75) is 32.4 Å². The molecule has 2 aromatic heterocycles. The zero-order valence-corrected chi connectivity index (χ0v) is 14.6. The van der Waals surface area contributed by atoms with Gasteiger partial charge in [0.2, 0.25) is 0 Å². The van der Waals surface area contributed by atoms with E-state index >= 15 is 0 Å².